The smallest absolute Gasteiger partial charge is 0.137 e. The number of nitrogens with zero attached hydrogens (tertiary/aromatic N) is 2. The van der Waals surface area contributed by atoms with Crippen LogP contribution in [0.2, 0.25) is 0 Å². The van der Waals surface area contributed by atoms with Gasteiger partial charge in [-0.2, -0.15) is 0 Å². The molecule has 0 fully saturated rings. The molecule has 3 rings (SSSR count). The van der Waals surface area contributed by atoms with Gasteiger partial charge in [0.2, 0.25) is 0 Å². The van der Waals surface area contributed by atoms with E-state index in [0.29, 0.717) is 5.92 Å². The second-order valence-corrected chi connectivity index (χ2v) is 5.71. The van der Waals surface area contributed by atoms with Crippen LogP contribution in [0.3, 0.4) is 0 Å². The zero-order valence-electron chi connectivity index (χ0n) is 12.9. The normalized spacial score (nSPS) is 11.3. The molecule has 0 atom stereocenters. The minimum Gasteiger partial charge on any atom is -0.496 e. The van der Waals surface area contributed by atoms with Crippen molar-refractivity contribution >= 4 is 5.65 Å². The van der Waals surface area contributed by atoms with Crippen molar-refractivity contribution in [1.82, 2.24) is 9.38 Å². The highest BCUT2D eigenvalue weighted by Gasteiger charge is 2.11. The van der Waals surface area contributed by atoms with E-state index in [1.807, 2.05) is 12.1 Å². The van der Waals surface area contributed by atoms with Crippen LogP contribution in [-0.4, -0.2) is 16.5 Å². The Labute approximate surface area is 125 Å². The fraction of sp³-hybridized carbons (Fsp3) is 0.278. The first kappa shape index (κ1) is 13.7. The highest BCUT2D eigenvalue weighted by atomic mass is 16.5. The van der Waals surface area contributed by atoms with Crippen molar-refractivity contribution in [2.24, 2.45) is 0 Å². The van der Waals surface area contributed by atoms with E-state index >= 15 is 0 Å². The van der Waals surface area contributed by atoms with E-state index in [1.54, 1.807) is 7.11 Å². The SMILES string of the molecule is COc1ccc(-c2cn3cc(C)ccc3n2)cc1C(C)C. The van der Waals surface area contributed by atoms with Gasteiger partial charge in [0.05, 0.1) is 12.8 Å². The van der Waals surface area contributed by atoms with Gasteiger partial charge in [-0.1, -0.05) is 19.9 Å². The van der Waals surface area contributed by atoms with Crippen LogP contribution < -0.4 is 4.74 Å². The Hall–Kier alpha value is -2.29. The molecule has 3 nitrogen and oxygen atoms in total. The monoisotopic (exact) mass is 280 g/mol. The molecule has 2 heterocycles. The molecule has 3 heteroatoms. The number of imidazole rings is 1. The molecule has 0 amide bonds. The molecular formula is C18H20N2O. The van der Waals surface area contributed by atoms with Crippen LogP contribution in [-0.2, 0) is 0 Å². The van der Waals surface area contributed by atoms with Crippen LogP contribution in [0.5, 0.6) is 5.75 Å². The molecular weight excluding hydrogens is 260 g/mol. The molecule has 3 aromatic rings. The minimum atomic E-state index is 0.416. The maximum Gasteiger partial charge on any atom is 0.137 e. The zero-order chi connectivity index (χ0) is 15.0. The fourth-order valence-electron chi connectivity index (χ4n) is 2.59. The molecule has 21 heavy (non-hydrogen) atoms. The third-order valence-corrected chi connectivity index (χ3v) is 3.75. The number of benzene rings is 1. The van der Waals surface area contributed by atoms with Crippen LogP contribution in [0.4, 0.5) is 0 Å². The molecule has 0 spiro atoms. The van der Waals surface area contributed by atoms with Gasteiger partial charge >= 0.3 is 0 Å². The van der Waals surface area contributed by atoms with Gasteiger partial charge < -0.3 is 9.14 Å². The molecule has 0 saturated carbocycles. The lowest BCUT2D eigenvalue weighted by molar-refractivity contribution is 0.407. The van der Waals surface area contributed by atoms with E-state index in [9.17, 15) is 0 Å². The van der Waals surface area contributed by atoms with Gasteiger partial charge in [-0.05, 0) is 48.2 Å². The van der Waals surface area contributed by atoms with Crippen molar-refractivity contribution in [3.63, 3.8) is 0 Å². The van der Waals surface area contributed by atoms with Crippen LogP contribution >= 0.6 is 0 Å². The van der Waals surface area contributed by atoms with Crippen LogP contribution in [0.15, 0.2) is 42.7 Å². The van der Waals surface area contributed by atoms with E-state index in [4.69, 9.17) is 9.72 Å². The van der Waals surface area contributed by atoms with E-state index in [0.717, 1.165) is 22.7 Å². The summed E-state index contributed by atoms with van der Waals surface area (Å²) in [5.41, 5.74) is 5.52. The summed E-state index contributed by atoms with van der Waals surface area (Å²) in [6, 6.07) is 10.4. The molecule has 2 aromatic heterocycles. The first-order valence-corrected chi connectivity index (χ1v) is 7.22. The van der Waals surface area contributed by atoms with Crippen molar-refractivity contribution in [2.75, 3.05) is 7.11 Å². The second-order valence-electron chi connectivity index (χ2n) is 5.71. The van der Waals surface area contributed by atoms with Gasteiger partial charge in [0.15, 0.2) is 0 Å². The predicted molar refractivity (Wildman–Crippen MR) is 86.0 cm³/mol. The maximum absolute atomic E-state index is 5.45. The highest BCUT2D eigenvalue weighted by molar-refractivity contribution is 5.65. The molecule has 0 bridgehead atoms. The van der Waals surface area contributed by atoms with Crippen LogP contribution in [0, 0.1) is 6.92 Å². The van der Waals surface area contributed by atoms with Gasteiger partial charge in [0.1, 0.15) is 11.4 Å². The molecule has 0 saturated heterocycles. The maximum atomic E-state index is 5.45. The van der Waals surface area contributed by atoms with Crippen molar-refractivity contribution in [3.8, 4) is 17.0 Å². The average molecular weight is 280 g/mol. The van der Waals surface area contributed by atoms with Gasteiger partial charge in [0.25, 0.3) is 0 Å². The lowest BCUT2D eigenvalue weighted by Crippen LogP contribution is -1.94. The highest BCUT2D eigenvalue weighted by Crippen LogP contribution is 2.31. The Morgan fingerprint density at radius 3 is 2.62 bits per heavy atom. The predicted octanol–water partition coefficient (Wildman–Crippen LogP) is 4.44. The third-order valence-electron chi connectivity index (χ3n) is 3.75. The van der Waals surface area contributed by atoms with E-state index in [2.05, 4.69) is 55.8 Å². The Balaban J connectivity index is 2.11. The molecule has 0 unspecified atom stereocenters. The largest absolute Gasteiger partial charge is 0.496 e. The number of ether oxygens (including phenoxy) is 1. The van der Waals surface area contributed by atoms with Crippen molar-refractivity contribution in [2.45, 2.75) is 26.7 Å². The molecule has 108 valence electrons. The summed E-state index contributed by atoms with van der Waals surface area (Å²) in [5.74, 6) is 1.35. The average Bonchev–Trinajstić information content (AvgIpc) is 2.89. The molecule has 0 aliphatic rings. The summed E-state index contributed by atoms with van der Waals surface area (Å²) in [7, 11) is 1.72. The van der Waals surface area contributed by atoms with E-state index in [-0.39, 0.29) is 0 Å². The standard InChI is InChI=1S/C18H20N2O/c1-12(2)15-9-14(6-7-17(15)21-4)16-11-20-10-13(3)5-8-18(20)19-16/h5-12H,1-4H3. The summed E-state index contributed by atoms with van der Waals surface area (Å²) in [6.45, 7) is 6.44. The van der Waals surface area contributed by atoms with E-state index in [1.165, 1.54) is 11.1 Å². The summed E-state index contributed by atoms with van der Waals surface area (Å²) in [5, 5.41) is 0. The van der Waals surface area contributed by atoms with Gasteiger partial charge in [-0.3, -0.25) is 0 Å². The number of aryl methyl sites for hydroxylation is 1. The molecule has 0 aliphatic carbocycles. The summed E-state index contributed by atoms with van der Waals surface area (Å²) >= 11 is 0. The second kappa shape index (κ2) is 5.24. The van der Waals surface area contributed by atoms with Crippen LogP contribution in [0.1, 0.15) is 30.9 Å². The molecule has 1 aromatic carbocycles. The number of methoxy groups -OCH3 is 1. The Kier molecular flexibility index (Phi) is 3.42. The molecule has 0 radical (unpaired) electrons. The number of fused-ring (bicyclic) bond motifs is 1. The number of rotatable bonds is 3. The lowest BCUT2D eigenvalue weighted by atomic mass is 9.98. The number of hydrogen-bond acceptors (Lipinski definition) is 2. The van der Waals surface area contributed by atoms with Crippen molar-refractivity contribution in [1.29, 1.82) is 0 Å². The number of aromatic nitrogens is 2. The van der Waals surface area contributed by atoms with Gasteiger partial charge in [-0.15, -0.1) is 0 Å². The summed E-state index contributed by atoms with van der Waals surface area (Å²) in [6.07, 6.45) is 4.17. The quantitative estimate of drug-likeness (QED) is 0.709. The van der Waals surface area contributed by atoms with Gasteiger partial charge in [0, 0.05) is 18.0 Å². The fourth-order valence-corrected chi connectivity index (χ4v) is 2.59. The minimum absolute atomic E-state index is 0.416. The third kappa shape index (κ3) is 2.51. The summed E-state index contributed by atoms with van der Waals surface area (Å²) in [4.78, 5) is 4.70. The zero-order valence-corrected chi connectivity index (χ0v) is 12.9. The lowest BCUT2D eigenvalue weighted by Gasteiger charge is -2.12. The molecule has 0 N–H and O–H groups in total. The van der Waals surface area contributed by atoms with Crippen LogP contribution in [0.25, 0.3) is 16.9 Å². The topological polar surface area (TPSA) is 26.5 Å². The Bertz CT molecular complexity index is 787. The first-order chi connectivity index (χ1) is 10.1. The first-order valence-electron chi connectivity index (χ1n) is 7.22. The number of pyridine rings is 1. The Morgan fingerprint density at radius 1 is 1.10 bits per heavy atom. The summed E-state index contributed by atoms with van der Waals surface area (Å²) < 4.78 is 7.52. The molecule has 0 aliphatic heterocycles. The van der Waals surface area contributed by atoms with Crippen molar-refractivity contribution in [3.05, 3.63) is 53.9 Å². The van der Waals surface area contributed by atoms with Crippen molar-refractivity contribution < 1.29 is 4.74 Å². The Morgan fingerprint density at radius 2 is 1.90 bits per heavy atom. The van der Waals surface area contributed by atoms with E-state index < -0.39 is 0 Å². The van der Waals surface area contributed by atoms with Gasteiger partial charge in [-0.25, -0.2) is 4.98 Å². The number of hydrogen-bond donors (Lipinski definition) is 0.